The lowest BCUT2D eigenvalue weighted by Crippen LogP contribution is -2.48. The number of para-hydroxylation sites is 1. The van der Waals surface area contributed by atoms with E-state index in [1.54, 1.807) is 6.20 Å². The Hall–Kier alpha value is -4.05. The van der Waals surface area contributed by atoms with Crippen LogP contribution in [0.15, 0.2) is 54.7 Å². The molecule has 4 aromatic rings. The van der Waals surface area contributed by atoms with Gasteiger partial charge in [0, 0.05) is 31.5 Å². The second kappa shape index (κ2) is 9.11. The average molecular weight is 515 g/mol. The number of benzene rings is 2. The van der Waals surface area contributed by atoms with E-state index >= 15 is 0 Å². The van der Waals surface area contributed by atoms with Crippen LogP contribution in [0.25, 0.3) is 16.3 Å². The summed E-state index contributed by atoms with van der Waals surface area (Å²) >= 11 is 1.48. The van der Waals surface area contributed by atoms with Crippen LogP contribution in [0.5, 0.6) is 5.75 Å². The van der Waals surface area contributed by atoms with Crippen LogP contribution in [0.2, 0.25) is 0 Å². The summed E-state index contributed by atoms with van der Waals surface area (Å²) in [6.45, 7) is 5.61. The molecule has 4 heterocycles. The number of hydrogen-bond donors (Lipinski definition) is 1. The quantitative estimate of drug-likeness (QED) is 0.419. The van der Waals surface area contributed by atoms with Crippen LogP contribution in [-0.2, 0) is 11.3 Å². The van der Waals surface area contributed by atoms with Crippen molar-refractivity contribution in [3.8, 4) is 16.5 Å². The molecule has 2 aromatic heterocycles. The minimum absolute atomic E-state index is 0.326. The lowest BCUT2D eigenvalue weighted by Gasteiger charge is -2.43. The van der Waals surface area contributed by atoms with Gasteiger partial charge in [0.15, 0.2) is 11.7 Å². The third-order valence-corrected chi connectivity index (χ3v) is 8.03. The first kappa shape index (κ1) is 23.4. The van der Waals surface area contributed by atoms with Gasteiger partial charge in [-0.15, -0.1) is 10.2 Å². The van der Waals surface area contributed by atoms with Gasteiger partial charge in [0.05, 0.1) is 11.1 Å². The van der Waals surface area contributed by atoms with Gasteiger partial charge in [0.25, 0.3) is 0 Å². The van der Waals surface area contributed by atoms with Crippen LogP contribution in [0, 0.1) is 13.8 Å². The molecule has 0 radical (unpaired) electrons. The fraction of sp³-hybridized carbons (Fsp3) is 0.296. The maximum absolute atomic E-state index is 10.9. The molecule has 2 aliphatic heterocycles. The van der Waals surface area contributed by atoms with Crippen molar-refractivity contribution in [3.63, 3.8) is 0 Å². The number of fused-ring (bicyclic) bond motifs is 1. The third kappa shape index (κ3) is 4.37. The van der Waals surface area contributed by atoms with Crippen LogP contribution in [0.4, 0.5) is 5.13 Å². The zero-order valence-electron chi connectivity index (χ0n) is 20.6. The molecule has 2 aliphatic rings. The van der Waals surface area contributed by atoms with Crippen molar-refractivity contribution in [2.24, 2.45) is 0 Å². The van der Waals surface area contributed by atoms with Gasteiger partial charge in [-0.3, -0.25) is 4.79 Å². The lowest BCUT2D eigenvalue weighted by atomic mass is 9.81. The van der Waals surface area contributed by atoms with Crippen molar-refractivity contribution in [2.45, 2.75) is 38.8 Å². The maximum atomic E-state index is 10.9. The molecule has 188 valence electrons. The molecule has 37 heavy (non-hydrogen) atoms. The van der Waals surface area contributed by atoms with E-state index in [2.05, 4.69) is 81.6 Å². The van der Waals surface area contributed by atoms with Crippen molar-refractivity contribution in [1.29, 1.82) is 0 Å². The topological polar surface area (TPSA) is 106 Å². The van der Waals surface area contributed by atoms with Crippen molar-refractivity contribution in [2.75, 3.05) is 18.0 Å². The molecule has 9 nitrogen and oxygen atoms in total. The Bertz CT molecular complexity index is 1500. The number of thiazole rings is 1. The van der Waals surface area contributed by atoms with Gasteiger partial charge in [0.2, 0.25) is 5.82 Å². The summed E-state index contributed by atoms with van der Waals surface area (Å²) in [5.74, 6) is 0.300. The molecule has 10 heteroatoms. The predicted octanol–water partition coefficient (Wildman–Crippen LogP) is 4.36. The molecule has 1 spiro atoms. The number of ether oxygens (including phenoxy) is 1. The summed E-state index contributed by atoms with van der Waals surface area (Å²) in [7, 11) is 0. The molecular weight excluding hydrogens is 488 g/mol. The van der Waals surface area contributed by atoms with Crippen LogP contribution < -0.4 is 9.64 Å². The summed E-state index contributed by atoms with van der Waals surface area (Å²) in [6.07, 6.45) is 5.73. The maximum Gasteiger partial charge on any atom is 0.327 e. The highest BCUT2D eigenvalue weighted by Gasteiger charge is 2.40. The van der Waals surface area contributed by atoms with E-state index in [-0.39, 0.29) is 12.1 Å². The number of piperidine rings is 1. The Labute approximate surface area is 218 Å². The number of aromatic nitrogens is 5. The molecule has 1 fully saturated rings. The van der Waals surface area contributed by atoms with Crippen molar-refractivity contribution in [1.82, 2.24) is 25.2 Å². The Balaban J connectivity index is 1.25. The first-order valence-electron chi connectivity index (χ1n) is 12.2. The smallest absolute Gasteiger partial charge is 0.327 e. The molecule has 2 aromatic carbocycles. The molecule has 0 saturated carbocycles. The fourth-order valence-corrected chi connectivity index (χ4v) is 6.07. The number of carboxylic acid groups (broad SMARTS) is 1. The summed E-state index contributed by atoms with van der Waals surface area (Å²) in [5.41, 5.74) is 5.82. The monoisotopic (exact) mass is 514 g/mol. The summed E-state index contributed by atoms with van der Waals surface area (Å²) in [6, 6.07) is 14.8. The molecule has 0 amide bonds. The van der Waals surface area contributed by atoms with Crippen LogP contribution in [-0.4, -0.2) is 55.0 Å². The zero-order valence-corrected chi connectivity index (χ0v) is 21.4. The van der Waals surface area contributed by atoms with Gasteiger partial charge in [-0.2, -0.15) is 4.80 Å². The highest BCUT2D eigenvalue weighted by molar-refractivity contribution is 7.18. The standard InChI is InChI=1S/C27H26N6O3S/c1-17-6-5-7-18(2)24(17)20-14-27(36-21-9-4-3-8-19(20)21)10-12-32(13-11-27)26-28-15-22(37-26)25-29-31-33(30-25)16-23(34)35/h3-9,14-15H,10-13,16H2,1-2H3,(H,34,35). The normalized spacial score (nSPS) is 16.3. The Morgan fingerprint density at radius 1 is 1.11 bits per heavy atom. The highest BCUT2D eigenvalue weighted by Crippen LogP contribution is 2.45. The Morgan fingerprint density at radius 3 is 2.62 bits per heavy atom. The van der Waals surface area contributed by atoms with Crippen LogP contribution in [0.1, 0.15) is 35.1 Å². The van der Waals surface area contributed by atoms with Gasteiger partial charge in [-0.1, -0.05) is 47.7 Å². The Kier molecular flexibility index (Phi) is 5.75. The SMILES string of the molecule is Cc1cccc(C)c1C1=CC2(CCN(c3ncc(-c4nnn(CC(=O)O)n4)s3)CC2)Oc2ccccc21. The number of tetrazole rings is 1. The summed E-state index contributed by atoms with van der Waals surface area (Å²) in [5, 5.41) is 21.8. The van der Waals surface area contributed by atoms with Gasteiger partial charge in [-0.25, -0.2) is 4.98 Å². The Morgan fingerprint density at radius 2 is 1.86 bits per heavy atom. The minimum Gasteiger partial charge on any atom is -0.482 e. The number of rotatable bonds is 5. The fourth-order valence-electron chi connectivity index (χ4n) is 5.18. The molecular formula is C27H26N6O3S. The molecule has 1 N–H and O–H groups in total. The first-order chi connectivity index (χ1) is 17.9. The van der Waals surface area contributed by atoms with E-state index < -0.39 is 5.97 Å². The first-order valence-corrected chi connectivity index (χ1v) is 13.0. The zero-order chi connectivity index (χ0) is 25.6. The second-order valence-electron chi connectivity index (χ2n) is 9.52. The van der Waals surface area contributed by atoms with Gasteiger partial charge in [-0.05, 0) is 53.5 Å². The molecule has 6 rings (SSSR count). The number of hydrogen-bond acceptors (Lipinski definition) is 8. The molecule has 0 bridgehead atoms. The minimum atomic E-state index is -1.02. The van der Waals surface area contributed by atoms with Gasteiger partial charge in [0.1, 0.15) is 11.4 Å². The predicted molar refractivity (Wildman–Crippen MR) is 141 cm³/mol. The number of nitrogens with zero attached hydrogens (tertiary/aromatic N) is 6. The molecule has 0 unspecified atom stereocenters. The van der Waals surface area contributed by atoms with E-state index in [4.69, 9.17) is 9.84 Å². The van der Waals surface area contributed by atoms with Crippen molar-refractivity contribution in [3.05, 3.63) is 77.0 Å². The molecule has 0 aliphatic carbocycles. The number of aryl methyl sites for hydroxylation is 2. The van der Waals surface area contributed by atoms with Gasteiger partial charge < -0.3 is 14.7 Å². The van der Waals surface area contributed by atoms with Crippen LogP contribution in [0.3, 0.4) is 0 Å². The van der Waals surface area contributed by atoms with E-state index in [9.17, 15) is 4.79 Å². The van der Waals surface area contributed by atoms with E-state index in [0.29, 0.717) is 5.82 Å². The molecule has 1 saturated heterocycles. The summed E-state index contributed by atoms with van der Waals surface area (Å²) in [4.78, 5) is 19.6. The largest absolute Gasteiger partial charge is 0.482 e. The average Bonchev–Trinajstić information content (AvgIpc) is 3.54. The summed E-state index contributed by atoms with van der Waals surface area (Å²) < 4.78 is 6.69. The second-order valence-corrected chi connectivity index (χ2v) is 10.5. The number of carbonyl (C=O) groups is 1. The van der Waals surface area contributed by atoms with E-state index in [1.165, 1.54) is 33.6 Å². The highest BCUT2D eigenvalue weighted by atomic mass is 32.1. The van der Waals surface area contributed by atoms with E-state index in [0.717, 1.165) is 52.0 Å². The third-order valence-electron chi connectivity index (χ3n) is 6.97. The van der Waals surface area contributed by atoms with E-state index in [1.807, 2.05) is 6.07 Å². The molecule has 0 atom stereocenters. The lowest BCUT2D eigenvalue weighted by molar-refractivity contribution is -0.138. The number of carboxylic acids is 1. The van der Waals surface area contributed by atoms with Crippen molar-refractivity contribution < 1.29 is 14.6 Å². The van der Waals surface area contributed by atoms with Gasteiger partial charge >= 0.3 is 5.97 Å². The number of anilines is 1. The number of aliphatic carboxylic acids is 1. The van der Waals surface area contributed by atoms with Crippen molar-refractivity contribution >= 4 is 28.0 Å². The van der Waals surface area contributed by atoms with Crippen LogP contribution >= 0.6 is 11.3 Å².